The highest BCUT2D eigenvalue weighted by Crippen LogP contribution is 2.39. The van der Waals surface area contributed by atoms with Crippen molar-refractivity contribution in [3.8, 4) is 28.4 Å². The summed E-state index contributed by atoms with van der Waals surface area (Å²) in [5.41, 5.74) is 0.243. The van der Waals surface area contributed by atoms with Gasteiger partial charge in [0.15, 0.2) is 0 Å². The molecule has 4 aromatic rings. The number of carboxylic acid groups (broad SMARTS) is 1. The third kappa shape index (κ3) is 4.82. The van der Waals surface area contributed by atoms with Gasteiger partial charge < -0.3 is 23.8 Å². The largest absolute Gasteiger partial charge is 0.546 e. The van der Waals surface area contributed by atoms with E-state index >= 15 is 0 Å². The summed E-state index contributed by atoms with van der Waals surface area (Å²) in [6.07, 6.45) is -5.03. The number of fused-ring (bicyclic) bond motifs is 1. The molecule has 0 spiro atoms. The molecule has 0 bridgehead atoms. The monoisotopic (exact) mass is 455 g/mol. The van der Waals surface area contributed by atoms with Crippen LogP contribution in [0, 0.1) is 0 Å². The molecule has 9 heteroatoms. The molecule has 0 aliphatic rings. The first kappa shape index (κ1) is 21.9. The fourth-order valence-electron chi connectivity index (χ4n) is 3.13. The van der Waals surface area contributed by atoms with Crippen molar-refractivity contribution in [1.82, 2.24) is 0 Å². The normalized spacial score (nSPS) is 11.4. The molecular weight excluding hydrogens is 441 g/mol. The Labute approximate surface area is 184 Å². The second-order valence-corrected chi connectivity index (χ2v) is 6.90. The molecule has 1 aromatic heterocycles. The second kappa shape index (κ2) is 8.70. The molecule has 4 rings (SSSR count). The van der Waals surface area contributed by atoms with Crippen LogP contribution in [0.3, 0.4) is 0 Å². The van der Waals surface area contributed by atoms with Gasteiger partial charge in [-0.25, -0.2) is 0 Å². The standard InChI is InChI=1S/C24H15F3O6/c25-24(26,27)23-22(32-16-8-6-15(7-9-16)14-4-2-1-3-5-14)21(30)18-11-10-17(12-19(18)33-23)31-13-20(28)29/h1-12H,13H2,(H,28,29)/p-1. The van der Waals surface area contributed by atoms with Gasteiger partial charge in [0, 0.05) is 6.07 Å². The number of carbonyl (C=O) groups is 1. The SMILES string of the molecule is O=C([O-])COc1ccc2c(=O)c(Oc3ccc(-c4ccccc4)cc3)c(C(F)(F)F)oc2c1. The number of benzene rings is 3. The predicted octanol–water partition coefficient (Wildman–Crippen LogP) is 4.40. The molecule has 0 aliphatic heterocycles. The minimum atomic E-state index is -5.03. The average Bonchev–Trinajstić information content (AvgIpc) is 2.79. The van der Waals surface area contributed by atoms with Gasteiger partial charge in [-0.3, -0.25) is 4.79 Å². The van der Waals surface area contributed by atoms with Crippen molar-refractivity contribution in [3.63, 3.8) is 0 Å². The van der Waals surface area contributed by atoms with E-state index in [4.69, 9.17) is 13.9 Å². The van der Waals surface area contributed by atoms with Crippen molar-refractivity contribution in [2.24, 2.45) is 0 Å². The van der Waals surface area contributed by atoms with E-state index in [0.717, 1.165) is 23.3 Å². The Kier molecular flexibility index (Phi) is 5.78. The van der Waals surface area contributed by atoms with Crippen LogP contribution in [0.15, 0.2) is 82.0 Å². The topological polar surface area (TPSA) is 88.8 Å². The van der Waals surface area contributed by atoms with E-state index in [1.807, 2.05) is 30.3 Å². The minimum Gasteiger partial charge on any atom is -0.546 e. The smallest absolute Gasteiger partial charge is 0.453 e. The Bertz CT molecular complexity index is 1360. The predicted molar refractivity (Wildman–Crippen MR) is 110 cm³/mol. The zero-order valence-electron chi connectivity index (χ0n) is 16.7. The molecule has 1 heterocycles. The van der Waals surface area contributed by atoms with Crippen molar-refractivity contribution in [2.45, 2.75) is 6.18 Å². The zero-order chi connectivity index (χ0) is 23.6. The molecule has 0 atom stereocenters. The Morgan fingerprint density at radius 2 is 1.55 bits per heavy atom. The van der Waals surface area contributed by atoms with Crippen molar-refractivity contribution in [1.29, 1.82) is 0 Å². The van der Waals surface area contributed by atoms with Gasteiger partial charge in [-0.05, 0) is 35.4 Å². The van der Waals surface area contributed by atoms with Gasteiger partial charge in [-0.1, -0.05) is 42.5 Å². The Balaban J connectivity index is 1.73. The van der Waals surface area contributed by atoms with Crippen molar-refractivity contribution in [3.05, 3.63) is 88.8 Å². The first-order valence-electron chi connectivity index (χ1n) is 9.56. The molecular formula is C24H14F3O6-. The molecule has 0 aliphatic carbocycles. The summed E-state index contributed by atoms with van der Waals surface area (Å²) in [4.78, 5) is 23.4. The number of rotatable bonds is 6. The Hall–Kier alpha value is -4.27. The first-order chi connectivity index (χ1) is 15.7. The highest BCUT2D eigenvalue weighted by Gasteiger charge is 2.40. The molecule has 0 amide bonds. The van der Waals surface area contributed by atoms with Crippen LogP contribution >= 0.6 is 0 Å². The number of ether oxygens (including phenoxy) is 2. The summed E-state index contributed by atoms with van der Waals surface area (Å²) in [7, 11) is 0. The molecule has 0 saturated heterocycles. The van der Waals surface area contributed by atoms with Crippen LogP contribution in [-0.4, -0.2) is 12.6 Å². The molecule has 0 fully saturated rings. The second-order valence-electron chi connectivity index (χ2n) is 6.90. The van der Waals surface area contributed by atoms with Crippen LogP contribution in [0.25, 0.3) is 22.1 Å². The third-order valence-corrected chi connectivity index (χ3v) is 4.62. The lowest BCUT2D eigenvalue weighted by Gasteiger charge is -2.14. The fraction of sp³-hybridized carbons (Fsp3) is 0.0833. The quantitative estimate of drug-likeness (QED) is 0.428. The lowest BCUT2D eigenvalue weighted by Crippen LogP contribution is -2.28. The van der Waals surface area contributed by atoms with Crippen LogP contribution in [0.4, 0.5) is 13.2 Å². The van der Waals surface area contributed by atoms with Crippen LogP contribution < -0.4 is 20.0 Å². The van der Waals surface area contributed by atoms with E-state index in [-0.39, 0.29) is 16.9 Å². The van der Waals surface area contributed by atoms with E-state index in [1.165, 1.54) is 18.2 Å². The van der Waals surface area contributed by atoms with Gasteiger partial charge in [0.2, 0.25) is 11.2 Å². The van der Waals surface area contributed by atoms with Gasteiger partial charge in [-0.2, -0.15) is 13.2 Å². The summed E-state index contributed by atoms with van der Waals surface area (Å²) >= 11 is 0. The van der Waals surface area contributed by atoms with Crippen LogP contribution in [0.5, 0.6) is 17.2 Å². The molecule has 0 unspecified atom stereocenters. The number of halogens is 3. The number of aliphatic carboxylic acids is 1. The van der Waals surface area contributed by atoms with Crippen LogP contribution in [0.2, 0.25) is 0 Å². The van der Waals surface area contributed by atoms with Crippen molar-refractivity contribution < 1.29 is 37.0 Å². The van der Waals surface area contributed by atoms with Crippen molar-refractivity contribution >= 4 is 16.9 Å². The minimum absolute atomic E-state index is 0.0146. The number of alkyl halides is 3. The number of carboxylic acids is 1. The van der Waals surface area contributed by atoms with Gasteiger partial charge in [-0.15, -0.1) is 0 Å². The van der Waals surface area contributed by atoms with E-state index in [2.05, 4.69) is 0 Å². The fourth-order valence-corrected chi connectivity index (χ4v) is 3.13. The van der Waals surface area contributed by atoms with E-state index < -0.39 is 41.3 Å². The highest BCUT2D eigenvalue weighted by molar-refractivity contribution is 5.80. The summed E-state index contributed by atoms with van der Waals surface area (Å²) < 4.78 is 56.2. The van der Waals surface area contributed by atoms with E-state index in [0.29, 0.717) is 0 Å². The van der Waals surface area contributed by atoms with Gasteiger partial charge in [0.1, 0.15) is 23.7 Å². The lowest BCUT2D eigenvalue weighted by molar-refractivity contribution is -0.307. The molecule has 3 aromatic carbocycles. The number of carbonyl (C=O) groups excluding carboxylic acids is 1. The Morgan fingerprint density at radius 3 is 2.18 bits per heavy atom. The summed E-state index contributed by atoms with van der Waals surface area (Å²) in [5, 5.41) is 10.3. The van der Waals surface area contributed by atoms with Gasteiger partial charge in [0.25, 0.3) is 5.76 Å². The zero-order valence-corrected chi connectivity index (χ0v) is 16.7. The van der Waals surface area contributed by atoms with E-state index in [9.17, 15) is 27.9 Å². The van der Waals surface area contributed by atoms with Gasteiger partial charge >= 0.3 is 6.18 Å². The summed E-state index contributed by atoms with van der Waals surface area (Å²) in [6, 6.07) is 18.9. The summed E-state index contributed by atoms with van der Waals surface area (Å²) in [5.74, 6) is -4.24. The van der Waals surface area contributed by atoms with Crippen LogP contribution in [-0.2, 0) is 11.0 Å². The molecule has 0 N–H and O–H groups in total. The average molecular weight is 455 g/mol. The number of hydrogen-bond acceptors (Lipinski definition) is 6. The maximum absolute atomic E-state index is 13.7. The van der Waals surface area contributed by atoms with Gasteiger partial charge in [0.05, 0.1) is 11.4 Å². The maximum atomic E-state index is 13.7. The summed E-state index contributed by atoms with van der Waals surface area (Å²) in [6.45, 7) is -0.817. The lowest BCUT2D eigenvalue weighted by atomic mass is 10.1. The van der Waals surface area contributed by atoms with E-state index in [1.54, 1.807) is 12.1 Å². The van der Waals surface area contributed by atoms with Crippen molar-refractivity contribution in [2.75, 3.05) is 6.61 Å². The molecule has 33 heavy (non-hydrogen) atoms. The Morgan fingerprint density at radius 1 is 0.909 bits per heavy atom. The molecule has 6 nitrogen and oxygen atoms in total. The third-order valence-electron chi connectivity index (χ3n) is 4.62. The molecule has 0 saturated carbocycles. The van der Waals surface area contributed by atoms with Crippen LogP contribution in [0.1, 0.15) is 5.76 Å². The maximum Gasteiger partial charge on any atom is 0.453 e. The highest BCUT2D eigenvalue weighted by atomic mass is 19.4. The molecule has 168 valence electrons. The number of hydrogen-bond donors (Lipinski definition) is 0. The first-order valence-corrected chi connectivity index (χ1v) is 9.56. The molecule has 0 radical (unpaired) electrons.